The first-order valence-corrected chi connectivity index (χ1v) is 7.10. The van der Waals surface area contributed by atoms with Crippen LogP contribution in [0.15, 0.2) is 0 Å². The summed E-state index contributed by atoms with van der Waals surface area (Å²) in [5.74, 6) is 3.46. The molecule has 0 saturated carbocycles. The van der Waals surface area contributed by atoms with Crippen LogP contribution in [-0.4, -0.2) is 36.5 Å². The second kappa shape index (κ2) is 7.41. The van der Waals surface area contributed by atoms with Crippen molar-refractivity contribution in [3.05, 3.63) is 0 Å². The van der Waals surface area contributed by atoms with E-state index < -0.39 is 0 Å². The molecule has 2 aliphatic heterocycles. The Kier molecular flexibility index (Phi) is 6.54. The molecule has 1 amide bonds. The van der Waals surface area contributed by atoms with Crippen LogP contribution in [0, 0.1) is 5.92 Å². The third-order valence-electron chi connectivity index (χ3n) is 3.28. The van der Waals surface area contributed by atoms with Crippen LogP contribution in [0.3, 0.4) is 0 Å². The highest BCUT2D eigenvalue weighted by molar-refractivity contribution is 7.99. The Hall–Kier alpha value is 0.0700. The van der Waals surface area contributed by atoms with E-state index in [0.717, 1.165) is 31.8 Å². The lowest BCUT2D eigenvalue weighted by atomic mass is 10.0. The predicted octanol–water partition coefficient (Wildman–Crippen LogP) is 1.42. The smallest absolute Gasteiger partial charge is 0.237 e. The van der Waals surface area contributed by atoms with Crippen LogP contribution < -0.4 is 10.6 Å². The van der Waals surface area contributed by atoms with Crippen LogP contribution in [0.4, 0.5) is 0 Å². The van der Waals surface area contributed by atoms with Crippen molar-refractivity contribution in [1.29, 1.82) is 0 Å². The fourth-order valence-corrected chi connectivity index (χ4v) is 3.43. The average Bonchev–Trinajstić information content (AvgIpc) is 2.81. The minimum absolute atomic E-state index is 0. The summed E-state index contributed by atoms with van der Waals surface area (Å²) in [6.45, 7) is 1.88. The van der Waals surface area contributed by atoms with E-state index in [1.54, 1.807) is 0 Å². The quantitative estimate of drug-likeness (QED) is 0.810. The molecule has 0 aromatic rings. The van der Waals surface area contributed by atoms with Crippen molar-refractivity contribution in [3.63, 3.8) is 0 Å². The second-order valence-corrected chi connectivity index (χ2v) is 5.67. The maximum Gasteiger partial charge on any atom is 0.237 e. The van der Waals surface area contributed by atoms with Crippen LogP contribution in [0.5, 0.6) is 0 Å². The normalized spacial score (nSPS) is 26.1. The van der Waals surface area contributed by atoms with Crippen molar-refractivity contribution >= 4 is 30.1 Å². The summed E-state index contributed by atoms with van der Waals surface area (Å²) in [7, 11) is 0. The number of hydrogen-bond donors (Lipinski definition) is 2. The van der Waals surface area contributed by atoms with Crippen molar-refractivity contribution in [2.24, 2.45) is 5.92 Å². The van der Waals surface area contributed by atoms with Gasteiger partial charge >= 0.3 is 0 Å². The van der Waals surface area contributed by atoms with Crippen molar-refractivity contribution < 1.29 is 4.79 Å². The second-order valence-electron chi connectivity index (χ2n) is 4.45. The SMILES string of the molecule is Cl.O=C(NCC1CCSCC1)[C@@H]1CCCN1. The molecule has 0 radical (unpaired) electrons. The summed E-state index contributed by atoms with van der Waals surface area (Å²) in [5, 5.41) is 6.31. The number of halogens is 1. The minimum Gasteiger partial charge on any atom is -0.354 e. The van der Waals surface area contributed by atoms with E-state index in [4.69, 9.17) is 0 Å². The van der Waals surface area contributed by atoms with Gasteiger partial charge in [-0.2, -0.15) is 11.8 Å². The van der Waals surface area contributed by atoms with Gasteiger partial charge in [0.15, 0.2) is 0 Å². The van der Waals surface area contributed by atoms with E-state index >= 15 is 0 Å². The van der Waals surface area contributed by atoms with Crippen LogP contribution >= 0.6 is 24.2 Å². The number of nitrogens with one attached hydrogen (secondary N) is 2. The number of hydrogen-bond acceptors (Lipinski definition) is 3. The highest BCUT2D eigenvalue weighted by Crippen LogP contribution is 2.21. The Labute approximate surface area is 108 Å². The molecule has 0 bridgehead atoms. The maximum absolute atomic E-state index is 11.7. The van der Waals surface area contributed by atoms with Crippen molar-refractivity contribution in [2.75, 3.05) is 24.6 Å². The fourth-order valence-electron chi connectivity index (χ4n) is 2.23. The van der Waals surface area contributed by atoms with Gasteiger partial charge in [0.25, 0.3) is 0 Å². The lowest BCUT2D eigenvalue weighted by Crippen LogP contribution is -2.42. The number of rotatable bonds is 3. The summed E-state index contributed by atoms with van der Waals surface area (Å²) in [5.41, 5.74) is 0. The molecule has 1 atom stereocenters. The molecule has 0 aromatic carbocycles. The topological polar surface area (TPSA) is 41.1 Å². The molecule has 0 aromatic heterocycles. The zero-order chi connectivity index (χ0) is 10.5. The van der Waals surface area contributed by atoms with Crippen molar-refractivity contribution in [1.82, 2.24) is 10.6 Å². The molecule has 2 fully saturated rings. The van der Waals surface area contributed by atoms with E-state index in [1.165, 1.54) is 24.3 Å². The summed E-state index contributed by atoms with van der Waals surface area (Å²) < 4.78 is 0. The maximum atomic E-state index is 11.7. The Morgan fingerprint density at radius 2 is 2.06 bits per heavy atom. The summed E-state index contributed by atoms with van der Waals surface area (Å²) >= 11 is 2.03. The molecule has 3 nitrogen and oxygen atoms in total. The minimum atomic E-state index is 0. The van der Waals surface area contributed by atoms with Gasteiger partial charge in [0.05, 0.1) is 6.04 Å². The molecule has 2 saturated heterocycles. The Morgan fingerprint density at radius 3 is 2.69 bits per heavy atom. The average molecular weight is 265 g/mol. The zero-order valence-corrected chi connectivity index (χ0v) is 11.2. The molecule has 2 aliphatic rings. The molecule has 2 rings (SSSR count). The zero-order valence-electron chi connectivity index (χ0n) is 9.54. The first-order valence-electron chi connectivity index (χ1n) is 5.95. The van der Waals surface area contributed by atoms with Crippen molar-refractivity contribution in [3.8, 4) is 0 Å². The van der Waals surface area contributed by atoms with Crippen LogP contribution in [-0.2, 0) is 4.79 Å². The molecule has 16 heavy (non-hydrogen) atoms. The van der Waals surface area contributed by atoms with E-state index in [9.17, 15) is 4.79 Å². The summed E-state index contributed by atoms with van der Waals surface area (Å²) in [6.07, 6.45) is 4.68. The van der Waals surface area contributed by atoms with Gasteiger partial charge < -0.3 is 10.6 Å². The molecule has 0 unspecified atom stereocenters. The highest BCUT2D eigenvalue weighted by atomic mass is 35.5. The van der Waals surface area contributed by atoms with Gasteiger partial charge in [-0.15, -0.1) is 12.4 Å². The molecular formula is C11H21ClN2OS. The Morgan fingerprint density at radius 1 is 1.31 bits per heavy atom. The van der Waals surface area contributed by atoms with E-state index in [0.29, 0.717) is 0 Å². The third kappa shape index (κ3) is 4.15. The van der Waals surface area contributed by atoms with Gasteiger partial charge in [-0.1, -0.05) is 0 Å². The van der Waals surface area contributed by atoms with E-state index in [1.807, 2.05) is 11.8 Å². The van der Waals surface area contributed by atoms with Crippen LogP contribution in [0.25, 0.3) is 0 Å². The Bertz CT molecular complexity index is 216. The number of amides is 1. The largest absolute Gasteiger partial charge is 0.354 e. The number of carbonyl (C=O) groups is 1. The highest BCUT2D eigenvalue weighted by Gasteiger charge is 2.22. The summed E-state index contributed by atoms with van der Waals surface area (Å²) in [6, 6.07) is 0.0861. The first-order chi connectivity index (χ1) is 7.36. The third-order valence-corrected chi connectivity index (χ3v) is 4.33. The predicted molar refractivity (Wildman–Crippen MR) is 71.3 cm³/mol. The molecular weight excluding hydrogens is 244 g/mol. The van der Waals surface area contributed by atoms with Crippen LogP contribution in [0.1, 0.15) is 25.7 Å². The van der Waals surface area contributed by atoms with E-state index in [-0.39, 0.29) is 24.4 Å². The first kappa shape index (κ1) is 14.1. The molecule has 2 N–H and O–H groups in total. The van der Waals surface area contributed by atoms with Gasteiger partial charge in [0.2, 0.25) is 5.91 Å². The molecule has 94 valence electrons. The van der Waals surface area contributed by atoms with Gasteiger partial charge in [-0.3, -0.25) is 4.79 Å². The molecule has 0 aliphatic carbocycles. The van der Waals surface area contributed by atoms with Crippen LogP contribution in [0.2, 0.25) is 0 Å². The number of carbonyl (C=O) groups excluding carboxylic acids is 1. The molecule has 0 spiro atoms. The van der Waals surface area contributed by atoms with Crippen molar-refractivity contribution in [2.45, 2.75) is 31.7 Å². The van der Waals surface area contributed by atoms with Gasteiger partial charge in [-0.05, 0) is 49.7 Å². The Balaban J connectivity index is 0.00000128. The van der Waals surface area contributed by atoms with Gasteiger partial charge in [0.1, 0.15) is 0 Å². The van der Waals surface area contributed by atoms with Gasteiger partial charge in [0, 0.05) is 6.54 Å². The fraction of sp³-hybridized carbons (Fsp3) is 0.909. The summed E-state index contributed by atoms with van der Waals surface area (Å²) in [4.78, 5) is 11.7. The lowest BCUT2D eigenvalue weighted by Gasteiger charge is -2.22. The van der Waals surface area contributed by atoms with E-state index in [2.05, 4.69) is 10.6 Å². The standard InChI is InChI=1S/C11H20N2OS.ClH/c14-11(10-2-1-5-12-10)13-8-9-3-6-15-7-4-9;/h9-10,12H,1-8H2,(H,13,14);1H/t10-;/m0./s1. The van der Waals surface area contributed by atoms with Gasteiger partial charge in [-0.25, -0.2) is 0 Å². The number of thioether (sulfide) groups is 1. The molecule has 2 heterocycles. The lowest BCUT2D eigenvalue weighted by molar-refractivity contribution is -0.122. The monoisotopic (exact) mass is 264 g/mol. The molecule has 5 heteroatoms.